The molecular formula is C16H32O. The van der Waals surface area contributed by atoms with Crippen molar-refractivity contribution in [3.63, 3.8) is 0 Å². The van der Waals surface area contributed by atoms with Gasteiger partial charge >= 0.3 is 0 Å². The molecule has 0 rings (SSSR count). The largest absolute Gasteiger partial charge is 0.396 e. The van der Waals surface area contributed by atoms with Crippen molar-refractivity contribution < 1.29 is 5.11 Å². The van der Waals surface area contributed by atoms with Gasteiger partial charge in [0.2, 0.25) is 0 Å². The van der Waals surface area contributed by atoms with Gasteiger partial charge in [0.25, 0.3) is 0 Å². The monoisotopic (exact) mass is 240 g/mol. The smallest absolute Gasteiger partial charge is 0.0431 e. The zero-order chi connectivity index (χ0) is 12.6. The minimum absolute atomic E-state index is 0.368. The third-order valence-electron chi connectivity index (χ3n) is 3.26. The minimum Gasteiger partial charge on any atom is -0.396 e. The fourth-order valence-corrected chi connectivity index (χ4v) is 2.13. The Morgan fingerprint density at radius 2 is 1.06 bits per heavy atom. The predicted molar refractivity (Wildman–Crippen MR) is 77.3 cm³/mol. The molecule has 0 fully saturated rings. The van der Waals surface area contributed by atoms with Crippen LogP contribution in [0.15, 0.2) is 12.2 Å². The molecule has 1 heteroatoms. The zero-order valence-electron chi connectivity index (χ0n) is 11.8. The molecule has 0 aliphatic carbocycles. The fourth-order valence-electron chi connectivity index (χ4n) is 2.13. The van der Waals surface area contributed by atoms with Crippen molar-refractivity contribution in [1.29, 1.82) is 0 Å². The molecule has 0 unspecified atom stereocenters. The minimum atomic E-state index is 0.368. The summed E-state index contributed by atoms with van der Waals surface area (Å²) in [5.41, 5.74) is 0. The maximum Gasteiger partial charge on any atom is 0.0431 e. The van der Waals surface area contributed by atoms with E-state index in [2.05, 4.69) is 19.1 Å². The third-order valence-corrected chi connectivity index (χ3v) is 3.26. The fraction of sp³-hybridized carbons (Fsp3) is 0.875. The van der Waals surface area contributed by atoms with E-state index in [0.29, 0.717) is 6.61 Å². The molecule has 17 heavy (non-hydrogen) atoms. The summed E-state index contributed by atoms with van der Waals surface area (Å²) in [6, 6.07) is 0. The summed E-state index contributed by atoms with van der Waals surface area (Å²) in [5.74, 6) is 0. The molecule has 0 aliphatic rings. The Morgan fingerprint density at radius 1 is 0.647 bits per heavy atom. The maximum atomic E-state index is 8.64. The number of hydrogen-bond acceptors (Lipinski definition) is 1. The number of hydrogen-bond donors (Lipinski definition) is 1. The molecule has 0 atom stereocenters. The second kappa shape index (κ2) is 15.7. The Labute approximate surface area is 108 Å². The van der Waals surface area contributed by atoms with Crippen molar-refractivity contribution in [2.24, 2.45) is 0 Å². The quantitative estimate of drug-likeness (QED) is 0.345. The number of aliphatic hydroxyl groups excluding tert-OH is 1. The topological polar surface area (TPSA) is 20.2 Å². The zero-order valence-corrected chi connectivity index (χ0v) is 11.8. The number of unbranched alkanes of at least 4 members (excludes halogenated alkanes) is 11. The lowest BCUT2D eigenvalue weighted by atomic mass is 10.1. The van der Waals surface area contributed by atoms with Gasteiger partial charge in [0.05, 0.1) is 0 Å². The molecule has 0 saturated heterocycles. The summed E-state index contributed by atoms with van der Waals surface area (Å²) >= 11 is 0. The van der Waals surface area contributed by atoms with Gasteiger partial charge < -0.3 is 5.11 Å². The molecule has 0 radical (unpaired) electrons. The summed E-state index contributed by atoms with van der Waals surface area (Å²) in [6.45, 7) is 2.47. The Balaban J connectivity index is 2.89. The van der Waals surface area contributed by atoms with E-state index in [0.717, 1.165) is 6.42 Å². The van der Waals surface area contributed by atoms with Crippen molar-refractivity contribution in [2.75, 3.05) is 6.61 Å². The molecule has 0 aromatic rings. The predicted octanol–water partition coefficient (Wildman–Crippen LogP) is 5.24. The first-order valence-corrected chi connectivity index (χ1v) is 7.64. The molecule has 0 heterocycles. The summed E-state index contributed by atoms with van der Waals surface area (Å²) in [7, 11) is 0. The second-order valence-electron chi connectivity index (χ2n) is 4.97. The molecule has 0 spiro atoms. The highest BCUT2D eigenvalue weighted by Crippen LogP contribution is 2.11. The molecule has 0 aromatic heterocycles. The van der Waals surface area contributed by atoms with Gasteiger partial charge in [-0.05, 0) is 26.2 Å². The van der Waals surface area contributed by atoms with Crippen molar-refractivity contribution in [2.45, 2.75) is 84.0 Å². The van der Waals surface area contributed by atoms with E-state index in [9.17, 15) is 0 Å². The molecule has 102 valence electrons. The summed E-state index contributed by atoms with van der Waals surface area (Å²) in [5, 5.41) is 8.64. The van der Waals surface area contributed by atoms with E-state index >= 15 is 0 Å². The van der Waals surface area contributed by atoms with Gasteiger partial charge in [-0.1, -0.05) is 69.9 Å². The van der Waals surface area contributed by atoms with Crippen LogP contribution in [0.25, 0.3) is 0 Å². The van der Waals surface area contributed by atoms with Crippen LogP contribution in [0.3, 0.4) is 0 Å². The van der Waals surface area contributed by atoms with E-state index in [4.69, 9.17) is 5.11 Å². The van der Waals surface area contributed by atoms with Crippen LogP contribution in [-0.4, -0.2) is 11.7 Å². The molecule has 0 aromatic carbocycles. The summed E-state index contributed by atoms with van der Waals surface area (Å²) in [6.07, 6.45) is 20.4. The van der Waals surface area contributed by atoms with Crippen LogP contribution in [0.5, 0.6) is 0 Å². The Morgan fingerprint density at radius 3 is 1.47 bits per heavy atom. The Bertz CT molecular complexity index is 152. The Kier molecular flexibility index (Phi) is 15.4. The van der Waals surface area contributed by atoms with Crippen LogP contribution < -0.4 is 0 Å². The molecule has 0 bridgehead atoms. The summed E-state index contributed by atoms with van der Waals surface area (Å²) < 4.78 is 0. The Hall–Kier alpha value is -0.300. The van der Waals surface area contributed by atoms with Crippen molar-refractivity contribution in [3.8, 4) is 0 Å². The molecule has 1 nitrogen and oxygen atoms in total. The van der Waals surface area contributed by atoms with E-state index in [1.807, 2.05) is 0 Å². The average molecular weight is 240 g/mol. The number of rotatable bonds is 13. The van der Waals surface area contributed by atoms with Crippen molar-refractivity contribution in [3.05, 3.63) is 12.2 Å². The molecule has 1 N–H and O–H groups in total. The number of allylic oxidation sites excluding steroid dienone is 2. The standard InChI is InChI=1S/C16H32O/c1-2-3-4-5-6-7-8-9-10-11-12-13-14-15-16-17/h2-3,17H,4-16H2,1H3/b3-2+. The maximum absolute atomic E-state index is 8.64. The van der Waals surface area contributed by atoms with Gasteiger partial charge in [-0.3, -0.25) is 0 Å². The van der Waals surface area contributed by atoms with E-state index in [1.165, 1.54) is 70.6 Å². The van der Waals surface area contributed by atoms with E-state index < -0.39 is 0 Å². The van der Waals surface area contributed by atoms with Crippen molar-refractivity contribution in [1.82, 2.24) is 0 Å². The van der Waals surface area contributed by atoms with Gasteiger partial charge in [0, 0.05) is 6.61 Å². The van der Waals surface area contributed by atoms with Crippen molar-refractivity contribution >= 4 is 0 Å². The lowest BCUT2D eigenvalue weighted by Gasteiger charge is -2.02. The normalized spacial score (nSPS) is 11.4. The first-order valence-electron chi connectivity index (χ1n) is 7.64. The van der Waals surface area contributed by atoms with Gasteiger partial charge in [0.15, 0.2) is 0 Å². The first-order chi connectivity index (χ1) is 8.41. The molecular weight excluding hydrogens is 208 g/mol. The van der Waals surface area contributed by atoms with Crippen LogP contribution in [0, 0.1) is 0 Å². The highest BCUT2D eigenvalue weighted by Gasteiger charge is 1.92. The van der Waals surface area contributed by atoms with Gasteiger partial charge in [-0.15, -0.1) is 0 Å². The first kappa shape index (κ1) is 16.7. The van der Waals surface area contributed by atoms with Crippen LogP contribution in [0.1, 0.15) is 84.0 Å². The average Bonchev–Trinajstić information content (AvgIpc) is 2.35. The van der Waals surface area contributed by atoms with Crippen LogP contribution in [-0.2, 0) is 0 Å². The van der Waals surface area contributed by atoms with Gasteiger partial charge in [0.1, 0.15) is 0 Å². The van der Waals surface area contributed by atoms with Crippen LogP contribution in [0.4, 0.5) is 0 Å². The number of aliphatic hydroxyl groups is 1. The molecule has 0 amide bonds. The van der Waals surface area contributed by atoms with Gasteiger partial charge in [-0.2, -0.15) is 0 Å². The SMILES string of the molecule is C/C=C/CCCCCCCCCCCCCO. The van der Waals surface area contributed by atoms with Gasteiger partial charge in [-0.25, -0.2) is 0 Å². The molecule has 0 aliphatic heterocycles. The van der Waals surface area contributed by atoms with E-state index in [-0.39, 0.29) is 0 Å². The molecule has 0 saturated carbocycles. The van der Waals surface area contributed by atoms with Crippen LogP contribution in [0.2, 0.25) is 0 Å². The van der Waals surface area contributed by atoms with E-state index in [1.54, 1.807) is 0 Å². The van der Waals surface area contributed by atoms with Crippen LogP contribution >= 0.6 is 0 Å². The highest BCUT2D eigenvalue weighted by molar-refractivity contribution is 4.76. The lowest BCUT2D eigenvalue weighted by molar-refractivity contribution is 0.282. The second-order valence-corrected chi connectivity index (χ2v) is 4.97. The third kappa shape index (κ3) is 15.7. The lowest BCUT2D eigenvalue weighted by Crippen LogP contribution is -1.84. The summed E-state index contributed by atoms with van der Waals surface area (Å²) in [4.78, 5) is 0. The highest BCUT2D eigenvalue weighted by atomic mass is 16.2.